The third kappa shape index (κ3) is 3.46. The second kappa shape index (κ2) is 7.59. The number of benzene rings is 1. The summed E-state index contributed by atoms with van der Waals surface area (Å²) in [5.41, 5.74) is 0.415. The van der Waals surface area contributed by atoms with E-state index in [0.29, 0.717) is 28.3 Å². The number of amidine groups is 1. The first-order valence-electron chi connectivity index (χ1n) is 10.9. The number of fused-ring (bicyclic) bond motifs is 1. The molecule has 34 heavy (non-hydrogen) atoms. The van der Waals surface area contributed by atoms with Gasteiger partial charge in [0.25, 0.3) is 0 Å². The molecule has 0 bridgehead atoms. The van der Waals surface area contributed by atoms with Gasteiger partial charge in [0.05, 0.1) is 30.1 Å². The summed E-state index contributed by atoms with van der Waals surface area (Å²) >= 11 is 0. The van der Waals surface area contributed by atoms with Crippen molar-refractivity contribution in [3.63, 3.8) is 0 Å². The summed E-state index contributed by atoms with van der Waals surface area (Å²) in [7, 11) is -2.17. The lowest BCUT2D eigenvalue weighted by molar-refractivity contribution is 0.411. The van der Waals surface area contributed by atoms with Gasteiger partial charge in [-0.2, -0.15) is 0 Å². The molecule has 0 radical (unpaired) electrons. The van der Waals surface area contributed by atoms with Gasteiger partial charge < -0.3 is 15.4 Å². The second-order valence-corrected chi connectivity index (χ2v) is 11.6. The van der Waals surface area contributed by atoms with E-state index in [1.54, 1.807) is 32.2 Å². The van der Waals surface area contributed by atoms with Gasteiger partial charge in [0.2, 0.25) is 0 Å². The number of hydrogen-bond donors (Lipinski definition) is 3. The molecule has 1 aliphatic heterocycles. The fourth-order valence-corrected chi connectivity index (χ4v) is 7.04. The van der Waals surface area contributed by atoms with Gasteiger partial charge in [-0.15, -0.1) is 0 Å². The molecule has 1 saturated carbocycles. The Hall–Kier alpha value is -3.34. The van der Waals surface area contributed by atoms with E-state index in [1.807, 2.05) is 0 Å². The van der Waals surface area contributed by atoms with Gasteiger partial charge in [-0.1, -0.05) is 0 Å². The minimum Gasteiger partial charge on any atom is -0.495 e. The molecule has 9 nitrogen and oxygen atoms in total. The minimum atomic E-state index is -3.71. The zero-order valence-electron chi connectivity index (χ0n) is 19.0. The van der Waals surface area contributed by atoms with Crippen LogP contribution >= 0.6 is 0 Å². The first-order chi connectivity index (χ1) is 16.1. The number of rotatable bonds is 5. The Morgan fingerprint density at radius 2 is 1.97 bits per heavy atom. The van der Waals surface area contributed by atoms with Crippen LogP contribution in [0, 0.1) is 17.1 Å². The van der Waals surface area contributed by atoms with Crippen LogP contribution in [0.25, 0.3) is 11.0 Å². The molecule has 0 unspecified atom stereocenters. The predicted molar refractivity (Wildman–Crippen MR) is 127 cm³/mol. The van der Waals surface area contributed by atoms with E-state index in [0.717, 1.165) is 12.8 Å². The molecule has 1 saturated heterocycles. The van der Waals surface area contributed by atoms with E-state index in [2.05, 4.69) is 25.6 Å². The number of aromatic nitrogens is 3. The zero-order valence-corrected chi connectivity index (χ0v) is 19.8. The Balaban J connectivity index is 1.51. The lowest BCUT2D eigenvalue weighted by Gasteiger charge is -2.45. The highest BCUT2D eigenvalue weighted by Gasteiger charge is 2.60. The monoisotopic (exact) mass is 484 g/mol. The van der Waals surface area contributed by atoms with Crippen molar-refractivity contribution >= 4 is 38.2 Å². The van der Waals surface area contributed by atoms with Crippen LogP contribution in [0.1, 0.15) is 32.3 Å². The Morgan fingerprint density at radius 1 is 1.21 bits per heavy atom. The minimum absolute atomic E-state index is 0.0722. The van der Waals surface area contributed by atoms with Crippen LogP contribution in [0.2, 0.25) is 0 Å². The van der Waals surface area contributed by atoms with E-state index in [4.69, 9.17) is 10.1 Å². The Labute approximate surface area is 196 Å². The maximum atomic E-state index is 15.0. The van der Waals surface area contributed by atoms with Crippen LogP contribution < -0.4 is 15.4 Å². The van der Waals surface area contributed by atoms with Crippen LogP contribution in [0.3, 0.4) is 0 Å². The van der Waals surface area contributed by atoms with Crippen LogP contribution in [0.4, 0.5) is 15.9 Å². The van der Waals surface area contributed by atoms with Gasteiger partial charge >= 0.3 is 0 Å². The van der Waals surface area contributed by atoms with E-state index < -0.39 is 25.9 Å². The number of pyridine rings is 1. The SMILES string of the molecule is COc1cnc2c(Nc3ccc(F)c([C@]4(C)CS(=O)(=O)[C@@](C)(C5CC5)C(=N)N4)c3)ncnc2c1. The van der Waals surface area contributed by atoms with E-state index in [1.165, 1.54) is 25.6 Å². The number of nitrogens with one attached hydrogen (secondary N) is 3. The Kier molecular flexibility index (Phi) is 5.01. The smallest absolute Gasteiger partial charge is 0.165 e. The molecular formula is C23H25FN6O3S. The summed E-state index contributed by atoms with van der Waals surface area (Å²) in [5.74, 6) is -0.0615. The van der Waals surface area contributed by atoms with Crippen LogP contribution in [-0.4, -0.2) is 46.8 Å². The van der Waals surface area contributed by atoms with Crippen molar-refractivity contribution in [2.75, 3.05) is 18.2 Å². The molecule has 0 amide bonds. The molecule has 5 rings (SSSR count). The average molecular weight is 485 g/mol. The lowest BCUT2D eigenvalue weighted by atomic mass is 9.90. The van der Waals surface area contributed by atoms with E-state index >= 15 is 4.39 Å². The predicted octanol–water partition coefficient (Wildman–Crippen LogP) is 3.30. The summed E-state index contributed by atoms with van der Waals surface area (Å²) in [6.45, 7) is 3.22. The van der Waals surface area contributed by atoms with Gasteiger partial charge in [-0.25, -0.2) is 27.8 Å². The molecule has 2 aliphatic rings. The van der Waals surface area contributed by atoms with Gasteiger partial charge in [0, 0.05) is 17.3 Å². The van der Waals surface area contributed by atoms with E-state index in [9.17, 15) is 8.42 Å². The summed E-state index contributed by atoms with van der Waals surface area (Å²) < 4.78 is 45.6. The van der Waals surface area contributed by atoms with Gasteiger partial charge in [0.15, 0.2) is 15.7 Å². The fourth-order valence-electron chi connectivity index (χ4n) is 4.65. The molecule has 3 aromatic rings. The topological polar surface area (TPSA) is 130 Å². The number of hydrogen-bond acceptors (Lipinski definition) is 8. The average Bonchev–Trinajstić information content (AvgIpc) is 3.64. The first-order valence-corrected chi connectivity index (χ1v) is 12.5. The first kappa shape index (κ1) is 22.5. The van der Waals surface area contributed by atoms with Gasteiger partial charge in [-0.05, 0) is 50.8 Å². The van der Waals surface area contributed by atoms with Crippen molar-refractivity contribution in [1.29, 1.82) is 5.41 Å². The number of nitrogens with zero attached hydrogens (tertiary/aromatic N) is 3. The number of sulfone groups is 1. The number of anilines is 2. The molecular weight excluding hydrogens is 459 g/mol. The van der Waals surface area contributed by atoms with Crippen LogP contribution in [0.15, 0.2) is 36.8 Å². The molecule has 1 aliphatic carbocycles. The molecule has 2 aromatic heterocycles. The van der Waals surface area contributed by atoms with Crippen molar-refractivity contribution in [2.45, 2.75) is 37.0 Å². The largest absolute Gasteiger partial charge is 0.495 e. The van der Waals surface area contributed by atoms with E-state index in [-0.39, 0.29) is 23.1 Å². The zero-order chi connectivity index (χ0) is 24.3. The number of ether oxygens (including phenoxy) is 1. The number of methoxy groups -OCH3 is 1. The molecule has 3 heterocycles. The summed E-state index contributed by atoms with van der Waals surface area (Å²) in [6.07, 6.45) is 4.48. The molecule has 2 atom stereocenters. The van der Waals surface area contributed by atoms with Crippen LogP contribution in [-0.2, 0) is 15.4 Å². The van der Waals surface area contributed by atoms with Crippen molar-refractivity contribution in [2.24, 2.45) is 5.92 Å². The fraction of sp³-hybridized carbons (Fsp3) is 0.391. The third-order valence-corrected chi connectivity index (χ3v) is 9.68. The Bertz CT molecular complexity index is 1430. The maximum absolute atomic E-state index is 15.0. The normalized spacial score (nSPS) is 26.2. The van der Waals surface area contributed by atoms with Gasteiger partial charge in [-0.3, -0.25) is 5.41 Å². The second-order valence-electron chi connectivity index (χ2n) is 9.26. The molecule has 1 aromatic carbocycles. The molecule has 11 heteroatoms. The van der Waals surface area contributed by atoms with Crippen molar-refractivity contribution in [3.05, 3.63) is 48.2 Å². The summed E-state index contributed by atoms with van der Waals surface area (Å²) in [5, 5.41) is 14.7. The molecule has 0 spiro atoms. The summed E-state index contributed by atoms with van der Waals surface area (Å²) in [6, 6.07) is 6.08. The molecule has 178 valence electrons. The highest BCUT2D eigenvalue weighted by molar-refractivity contribution is 7.93. The summed E-state index contributed by atoms with van der Waals surface area (Å²) in [4.78, 5) is 12.8. The molecule has 2 fully saturated rings. The van der Waals surface area contributed by atoms with Crippen molar-refractivity contribution in [3.8, 4) is 5.75 Å². The lowest BCUT2D eigenvalue weighted by Crippen LogP contribution is -2.66. The van der Waals surface area contributed by atoms with Crippen molar-refractivity contribution < 1.29 is 17.5 Å². The third-order valence-electron chi connectivity index (χ3n) is 6.89. The molecule has 3 N–H and O–H groups in total. The highest BCUT2D eigenvalue weighted by Crippen LogP contribution is 2.48. The highest BCUT2D eigenvalue weighted by atomic mass is 32.2. The van der Waals surface area contributed by atoms with Crippen molar-refractivity contribution in [1.82, 2.24) is 20.3 Å². The maximum Gasteiger partial charge on any atom is 0.165 e. The van der Waals surface area contributed by atoms with Gasteiger partial charge in [0.1, 0.15) is 34.0 Å². The standard InChI is InChI=1S/C23H25FN6O3S/c1-22(11-34(31,32)23(2,13-4-5-13)21(25)30-22)16-8-14(6-7-17(16)24)29-20-19-18(27-12-28-20)9-15(33-3)10-26-19/h6-10,12-13H,4-5,11H2,1-3H3,(H2,25,30)(H,27,28,29)/t22-,23-/m0/s1. The Morgan fingerprint density at radius 3 is 2.65 bits per heavy atom. The number of halogens is 1. The van der Waals surface area contributed by atoms with Crippen LogP contribution in [0.5, 0.6) is 5.75 Å². The quantitative estimate of drug-likeness (QED) is 0.503.